The number of Topliss-reactive ketones (excluding diaryl/α,β-unsaturated/α-hetero) is 1. The smallest absolute Gasteiger partial charge is 0.150 e. The number of nitrogens with zero attached hydrogens (tertiary/aromatic N) is 1. The van der Waals surface area contributed by atoms with E-state index >= 15 is 0 Å². The molecule has 0 aromatic carbocycles. The second-order valence-corrected chi connectivity index (χ2v) is 6.56. The number of carbonyl (C=O) groups is 1. The summed E-state index contributed by atoms with van der Waals surface area (Å²) in [6.07, 6.45) is 3.89. The SMILES string of the molecule is C[C@@H]1C[C@@H]2[C@H]3C[C@H]4CC(=O)[C@@H]2N(C4)[C@]3(O)C1. The summed E-state index contributed by atoms with van der Waals surface area (Å²) in [5.41, 5.74) is -0.625. The number of hydrogen-bond acceptors (Lipinski definition) is 3. The molecule has 3 heterocycles. The van der Waals surface area contributed by atoms with Crippen LogP contribution >= 0.6 is 0 Å². The summed E-state index contributed by atoms with van der Waals surface area (Å²) >= 11 is 0. The lowest BCUT2D eigenvalue weighted by Crippen LogP contribution is -2.60. The minimum atomic E-state index is -0.625. The Kier molecular flexibility index (Phi) is 1.62. The molecular formula is C13H19NO2. The molecule has 1 N–H and O–H groups in total. The van der Waals surface area contributed by atoms with E-state index in [0.29, 0.717) is 29.5 Å². The summed E-state index contributed by atoms with van der Waals surface area (Å²) in [7, 11) is 0. The number of hydrogen-bond donors (Lipinski definition) is 1. The Labute approximate surface area is 95.8 Å². The van der Waals surface area contributed by atoms with Crippen LogP contribution < -0.4 is 0 Å². The van der Waals surface area contributed by atoms with Crippen molar-refractivity contribution in [2.45, 2.75) is 44.4 Å². The molecule has 16 heavy (non-hydrogen) atoms. The quantitative estimate of drug-likeness (QED) is 0.664. The summed E-state index contributed by atoms with van der Waals surface area (Å²) < 4.78 is 0. The van der Waals surface area contributed by atoms with Crippen molar-refractivity contribution in [3.05, 3.63) is 0 Å². The van der Waals surface area contributed by atoms with Gasteiger partial charge in [-0.2, -0.15) is 0 Å². The molecule has 3 nitrogen and oxygen atoms in total. The third kappa shape index (κ3) is 0.912. The molecule has 88 valence electrons. The molecule has 0 spiro atoms. The zero-order valence-corrected chi connectivity index (χ0v) is 9.72. The Morgan fingerprint density at radius 2 is 2.25 bits per heavy atom. The van der Waals surface area contributed by atoms with Gasteiger partial charge in [0.25, 0.3) is 0 Å². The molecule has 3 saturated heterocycles. The van der Waals surface area contributed by atoms with E-state index in [1.54, 1.807) is 0 Å². The maximum Gasteiger partial charge on any atom is 0.150 e. The lowest BCUT2D eigenvalue weighted by molar-refractivity contribution is -0.183. The maximum absolute atomic E-state index is 12.2. The zero-order valence-electron chi connectivity index (χ0n) is 9.72. The van der Waals surface area contributed by atoms with Crippen LogP contribution in [0.5, 0.6) is 0 Å². The van der Waals surface area contributed by atoms with Crippen LogP contribution in [0, 0.1) is 23.7 Å². The van der Waals surface area contributed by atoms with Gasteiger partial charge in [-0.05, 0) is 37.0 Å². The van der Waals surface area contributed by atoms with Crippen LogP contribution in [0.1, 0.15) is 32.6 Å². The Morgan fingerprint density at radius 1 is 1.44 bits per heavy atom. The molecule has 0 radical (unpaired) electrons. The van der Waals surface area contributed by atoms with Crippen molar-refractivity contribution < 1.29 is 9.90 Å². The van der Waals surface area contributed by atoms with Gasteiger partial charge in [-0.15, -0.1) is 0 Å². The summed E-state index contributed by atoms with van der Waals surface area (Å²) in [4.78, 5) is 14.3. The van der Waals surface area contributed by atoms with Crippen molar-refractivity contribution in [3.63, 3.8) is 0 Å². The number of piperidine rings is 2. The minimum Gasteiger partial charge on any atom is -0.375 e. The van der Waals surface area contributed by atoms with Gasteiger partial charge in [0.15, 0.2) is 5.78 Å². The Morgan fingerprint density at radius 3 is 3.06 bits per heavy atom. The molecule has 0 aromatic heterocycles. The lowest BCUT2D eigenvalue weighted by Gasteiger charge is -2.50. The number of aliphatic hydroxyl groups is 1. The van der Waals surface area contributed by atoms with Crippen LogP contribution in [0.4, 0.5) is 0 Å². The highest BCUT2D eigenvalue weighted by Gasteiger charge is 2.67. The molecule has 3 heteroatoms. The molecule has 5 bridgehead atoms. The Hall–Kier alpha value is -0.410. The van der Waals surface area contributed by atoms with E-state index in [4.69, 9.17) is 0 Å². The van der Waals surface area contributed by atoms with Crippen LogP contribution in [0.2, 0.25) is 0 Å². The molecule has 7 atom stereocenters. The zero-order chi connectivity index (χ0) is 11.1. The van der Waals surface area contributed by atoms with Crippen molar-refractivity contribution in [3.8, 4) is 0 Å². The van der Waals surface area contributed by atoms with E-state index in [9.17, 15) is 9.90 Å². The van der Waals surface area contributed by atoms with Crippen LogP contribution in [-0.2, 0) is 4.79 Å². The second kappa shape index (κ2) is 2.70. The van der Waals surface area contributed by atoms with Crippen LogP contribution in [0.15, 0.2) is 0 Å². The lowest BCUT2D eigenvalue weighted by atomic mass is 9.68. The Bertz CT molecular complexity index is 369. The fourth-order valence-corrected chi connectivity index (χ4v) is 5.18. The predicted octanol–water partition coefficient (Wildman–Crippen LogP) is 1.01. The number of rotatable bonds is 0. The molecule has 4 rings (SSSR count). The van der Waals surface area contributed by atoms with Gasteiger partial charge in [-0.3, -0.25) is 9.69 Å². The summed E-state index contributed by atoms with van der Waals surface area (Å²) in [6.45, 7) is 3.18. The van der Waals surface area contributed by atoms with Gasteiger partial charge in [-0.25, -0.2) is 0 Å². The van der Waals surface area contributed by atoms with Gasteiger partial charge in [-0.1, -0.05) is 6.92 Å². The number of carbonyl (C=O) groups excluding carboxylic acids is 1. The van der Waals surface area contributed by atoms with Crippen molar-refractivity contribution in [1.29, 1.82) is 0 Å². The maximum atomic E-state index is 12.2. The average molecular weight is 221 g/mol. The fraction of sp³-hybridized carbons (Fsp3) is 0.923. The van der Waals surface area contributed by atoms with Gasteiger partial charge in [0, 0.05) is 18.9 Å². The molecule has 1 aliphatic carbocycles. The van der Waals surface area contributed by atoms with Gasteiger partial charge in [0.1, 0.15) is 5.72 Å². The summed E-state index contributed by atoms with van der Waals surface area (Å²) in [5, 5.41) is 10.9. The first kappa shape index (κ1) is 9.60. The second-order valence-electron chi connectivity index (χ2n) is 6.56. The van der Waals surface area contributed by atoms with Crippen LogP contribution in [0.3, 0.4) is 0 Å². The molecule has 3 aliphatic heterocycles. The molecule has 1 saturated carbocycles. The molecule has 0 amide bonds. The van der Waals surface area contributed by atoms with Crippen LogP contribution in [-0.4, -0.2) is 34.1 Å². The first-order valence-electron chi connectivity index (χ1n) is 6.61. The third-order valence-corrected chi connectivity index (χ3v) is 5.53. The van der Waals surface area contributed by atoms with E-state index < -0.39 is 5.72 Å². The van der Waals surface area contributed by atoms with Gasteiger partial charge >= 0.3 is 0 Å². The average Bonchev–Trinajstić information content (AvgIpc) is 2.38. The highest BCUT2D eigenvalue weighted by Crippen LogP contribution is 2.59. The highest BCUT2D eigenvalue weighted by molar-refractivity contribution is 5.86. The van der Waals surface area contributed by atoms with Crippen molar-refractivity contribution in [1.82, 2.24) is 4.90 Å². The normalized spacial score (nSPS) is 62.8. The van der Waals surface area contributed by atoms with Crippen LogP contribution in [0.25, 0.3) is 0 Å². The minimum absolute atomic E-state index is 0.0682. The first-order chi connectivity index (χ1) is 7.59. The molecule has 0 aromatic rings. The van der Waals surface area contributed by atoms with Gasteiger partial charge in [0.05, 0.1) is 6.04 Å². The standard InChI is InChI=1S/C13H19NO2/c1-7-2-9-10-3-8-4-11(15)12(9)14(6-8)13(10,16)5-7/h7-10,12,16H,2-6H2,1H3/t7-,8+,9-,10-,12-,13+/m1/s1. The largest absolute Gasteiger partial charge is 0.375 e. The van der Waals surface area contributed by atoms with Gasteiger partial charge in [0.2, 0.25) is 0 Å². The monoisotopic (exact) mass is 221 g/mol. The topological polar surface area (TPSA) is 40.5 Å². The van der Waals surface area contributed by atoms with E-state index in [-0.39, 0.29) is 6.04 Å². The molecule has 4 aliphatic rings. The van der Waals surface area contributed by atoms with Crippen molar-refractivity contribution in [2.75, 3.05) is 6.54 Å². The van der Waals surface area contributed by atoms with E-state index in [2.05, 4.69) is 11.8 Å². The molecular weight excluding hydrogens is 202 g/mol. The van der Waals surface area contributed by atoms with Crippen molar-refractivity contribution in [2.24, 2.45) is 23.7 Å². The van der Waals surface area contributed by atoms with Gasteiger partial charge < -0.3 is 5.11 Å². The predicted molar refractivity (Wildman–Crippen MR) is 58.6 cm³/mol. The first-order valence-corrected chi connectivity index (χ1v) is 6.61. The number of ketones is 1. The summed E-state index contributed by atoms with van der Waals surface area (Å²) in [5.74, 6) is 2.36. The van der Waals surface area contributed by atoms with Crippen molar-refractivity contribution >= 4 is 5.78 Å². The highest BCUT2D eigenvalue weighted by atomic mass is 16.3. The molecule has 1 unspecified atom stereocenters. The van der Waals surface area contributed by atoms with E-state index in [1.807, 2.05) is 0 Å². The summed E-state index contributed by atoms with van der Waals surface area (Å²) in [6, 6.07) is 0.0682. The third-order valence-electron chi connectivity index (χ3n) is 5.53. The Balaban J connectivity index is 1.85. The number of fused-ring (bicyclic) bond motifs is 2. The van der Waals surface area contributed by atoms with E-state index in [0.717, 1.165) is 32.2 Å². The fourth-order valence-electron chi connectivity index (χ4n) is 5.18. The van der Waals surface area contributed by atoms with E-state index in [1.165, 1.54) is 0 Å². The molecule has 4 fully saturated rings.